The van der Waals surface area contributed by atoms with Gasteiger partial charge >= 0.3 is 0 Å². The number of sulfone groups is 1. The van der Waals surface area contributed by atoms with Crippen LogP contribution in [-0.2, 0) is 9.84 Å². The highest BCUT2D eigenvalue weighted by Gasteiger charge is 2.09. The molecule has 1 rings (SSSR count). The van der Waals surface area contributed by atoms with E-state index in [2.05, 4.69) is 10.6 Å². The van der Waals surface area contributed by atoms with Crippen LogP contribution in [0.2, 0.25) is 0 Å². The van der Waals surface area contributed by atoms with E-state index >= 15 is 0 Å². The summed E-state index contributed by atoms with van der Waals surface area (Å²) in [4.78, 5) is 0.324. The molecule has 1 atom stereocenters. The van der Waals surface area contributed by atoms with Gasteiger partial charge in [0.15, 0.2) is 14.9 Å². The van der Waals surface area contributed by atoms with E-state index in [1.165, 1.54) is 6.26 Å². The van der Waals surface area contributed by atoms with Crippen LogP contribution in [0.5, 0.6) is 0 Å². The van der Waals surface area contributed by atoms with Gasteiger partial charge < -0.3 is 10.6 Å². The average Bonchev–Trinajstić information content (AvgIpc) is 2.27. The molecular weight excluding hydrogens is 256 g/mol. The van der Waals surface area contributed by atoms with Crippen LogP contribution in [-0.4, -0.2) is 26.8 Å². The molecule has 0 radical (unpaired) electrons. The van der Waals surface area contributed by atoms with Crippen molar-refractivity contribution >= 4 is 27.2 Å². The van der Waals surface area contributed by atoms with Crippen molar-refractivity contribution < 1.29 is 8.42 Å². The van der Waals surface area contributed by atoms with Crippen molar-refractivity contribution in [3.05, 3.63) is 29.8 Å². The van der Waals surface area contributed by atoms with E-state index in [0.717, 1.165) is 5.56 Å². The van der Waals surface area contributed by atoms with Gasteiger partial charge in [-0.2, -0.15) is 0 Å². The van der Waals surface area contributed by atoms with E-state index in [0.29, 0.717) is 10.0 Å². The third kappa shape index (κ3) is 3.98. The van der Waals surface area contributed by atoms with Crippen LogP contribution >= 0.6 is 12.2 Å². The Hall–Kier alpha value is -1.14. The van der Waals surface area contributed by atoms with Crippen LogP contribution in [0.1, 0.15) is 18.5 Å². The number of nitrogens with one attached hydrogen (secondary N) is 2. The SMILES string of the molecule is CNC(=S)N[C@@H](C)c1ccc(S(C)(=O)=O)cc1. The van der Waals surface area contributed by atoms with Crippen LogP contribution in [0.3, 0.4) is 0 Å². The molecule has 1 aromatic carbocycles. The first-order valence-corrected chi connectivity index (χ1v) is 7.43. The van der Waals surface area contributed by atoms with Crippen LogP contribution in [0.15, 0.2) is 29.2 Å². The predicted octanol–water partition coefficient (Wildman–Crippen LogP) is 1.24. The summed E-state index contributed by atoms with van der Waals surface area (Å²) < 4.78 is 22.6. The Morgan fingerprint density at radius 2 is 1.82 bits per heavy atom. The van der Waals surface area contributed by atoms with E-state index < -0.39 is 9.84 Å². The number of benzene rings is 1. The molecule has 0 amide bonds. The zero-order valence-corrected chi connectivity index (χ0v) is 11.7. The zero-order valence-electron chi connectivity index (χ0n) is 10.0. The van der Waals surface area contributed by atoms with Crippen molar-refractivity contribution in [2.24, 2.45) is 0 Å². The zero-order chi connectivity index (χ0) is 13.1. The van der Waals surface area contributed by atoms with Crippen molar-refractivity contribution in [2.45, 2.75) is 17.9 Å². The molecule has 0 aliphatic carbocycles. The van der Waals surface area contributed by atoms with Gasteiger partial charge in [0.2, 0.25) is 0 Å². The van der Waals surface area contributed by atoms with Gasteiger partial charge in [0, 0.05) is 13.3 Å². The second kappa shape index (κ2) is 5.46. The molecule has 17 heavy (non-hydrogen) atoms. The second-order valence-corrected chi connectivity index (χ2v) is 6.21. The molecule has 0 bridgehead atoms. The van der Waals surface area contributed by atoms with Gasteiger partial charge in [-0.15, -0.1) is 0 Å². The van der Waals surface area contributed by atoms with Gasteiger partial charge in [0.1, 0.15) is 0 Å². The van der Waals surface area contributed by atoms with Crippen molar-refractivity contribution in [1.29, 1.82) is 0 Å². The lowest BCUT2D eigenvalue weighted by Gasteiger charge is -2.16. The summed E-state index contributed by atoms with van der Waals surface area (Å²) in [5.74, 6) is 0. The fourth-order valence-corrected chi connectivity index (χ4v) is 2.16. The monoisotopic (exact) mass is 272 g/mol. The Morgan fingerprint density at radius 1 is 1.29 bits per heavy atom. The minimum atomic E-state index is -3.13. The first-order valence-electron chi connectivity index (χ1n) is 5.13. The van der Waals surface area contributed by atoms with E-state index in [1.54, 1.807) is 31.3 Å². The minimum Gasteiger partial charge on any atom is -0.366 e. The van der Waals surface area contributed by atoms with Gasteiger partial charge in [0.05, 0.1) is 10.9 Å². The predicted molar refractivity (Wildman–Crippen MR) is 72.8 cm³/mol. The molecule has 6 heteroatoms. The largest absolute Gasteiger partial charge is 0.366 e. The molecule has 0 spiro atoms. The molecule has 0 saturated carbocycles. The summed E-state index contributed by atoms with van der Waals surface area (Å²) >= 11 is 5.00. The number of hydrogen-bond donors (Lipinski definition) is 2. The van der Waals surface area contributed by atoms with Crippen LogP contribution in [0.4, 0.5) is 0 Å². The lowest BCUT2D eigenvalue weighted by Crippen LogP contribution is -2.34. The highest BCUT2D eigenvalue weighted by Crippen LogP contribution is 2.15. The van der Waals surface area contributed by atoms with E-state index in [4.69, 9.17) is 12.2 Å². The molecule has 0 aliphatic rings. The second-order valence-electron chi connectivity index (χ2n) is 3.79. The van der Waals surface area contributed by atoms with Crippen molar-refractivity contribution in [2.75, 3.05) is 13.3 Å². The number of hydrogen-bond acceptors (Lipinski definition) is 3. The number of rotatable bonds is 3. The minimum absolute atomic E-state index is 0.0311. The Morgan fingerprint density at radius 3 is 2.24 bits per heavy atom. The summed E-state index contributed by atoms with van der Waals surface area (Å²) in [6, 6.07) is 6.80. The van der Waals surface area contributed by atoms with Gasteiger partial charge in [-0.25, -0.2) is 8.42 Å². The van der Waals surface area contributed by atoms with Gasteiger partial charge in [-0.05, 0) is 36.8 Å². The Kier molecular flexibility index (Phi) is 4.47. The molecule has 0 aliphatic heterocycles. The maximum Gasteiger partial charge on any atom is 0.175 e. The third-order valence-electron chi connectivity index (χ3n) is 2.38. The molecule has 0 saturated heterocycles. The molecule has 0 unspecified atom stereocenters. The lowest BCUT2D eigenvalue weighted by atomic mass is 10.1. The highest BCUT2D eigenvalue weighted by atomic mass is 32.2. The van der Waals surface area contributed by atoms with E-state index in [1.807, 2.05) is 6.92 Å². The molecule has 0 aromatic heterocycles. The molecule has 94 valence electrons. The molecule has 2 N–H and O–H groups in total. The lowest BCUT2D eigenvalue weighted by molar-refractivity contribution is 0.601. The first-order chi connectivity index (χ1) is 7.84. The highest BCUT2D eigenvalue weighted by molar-refractivity contribution is 7.90. The van der Waals surface area contributed by atoms with Crippen LogP contribution in [0.25, 0.3) is 0 Å². The van der Waals surface area contributed by atoms with Crippen molar-refractivity contribution in [3.63, 3.8) is 0 Å². The van der Waals surface area contributed by atoms with Crippen molar-refractivity contribution in [3.8, 4) is 0 Å². The topological polar surface area (TPSA) is 58.2 Å². The van der Waals surface area contributed by atoms with Crippen LogP contribution in [0, 0.1) is 0 Å². The molecule has 0 heterocycles. The first kappa shape index (κ1) is 13.9. The third-order valence-corrected chi connectivity index (χ3v) is 3.83. The Labute approximate surface area is 107 Å². The standard InChI is InChI=1S/C11H16N2O2S2/c1-8(13-11(16)12-2)9-4-6-10(7-5-9)17(3,14)15/h4-8H,1-3H3,(H2,12,13,16)/t8-/m0/s1. The summed E-state index contributed by atoms with van der Waals surface area (Å²) in [7, 11) is -1.39. The smallest absolute Gasteiger partial charge is 0.175 e. The normalized spacial score (nSPS) is 12.9. The Bertz CT molecular complexity index is 495. The molecule has 0 fully saturated rings. The summed E-state index contributed by atoms with van der Waals surface area (Å²) in [5.41, 5.74) is 0.981. The van der Waals surface area contributed by atoms with Crippen molar-refractivity contribution in [1.82, 2.24) is 10.6 Å². The molecule has 1 aromatic rings. The summed E-state index contributed by atoms with van der Waals surface area (Å²) in [5, 5.41) is 6.46. The van der Waals surface area contributed by atoms with Gasteiger partial charge in [0.25, 0.3) is 0 Å². The molecular formula is C11H16N2O2S2. The fraction of sp³-hybridized carbons (Fsp3) is 0.364. The fourth-order valence-electron chi connectivity index (χ4n) is 1.36. The maximum atomic E-state index is 11.3. The number of thiocarbonyl (C=S) groups is 1. The maximum absolute atomic E-state index is 11.3. The summed E-state index contributed by atoms with van der Waals surface area (Å²) in [6.07, 6.45) is 1.19. The van der Waals surface area contributed by atoms with Gasteiger partial charge in [-0.3, -0.25) is 0 Å². The van der Waals surface area contributed by atoms with E-state index in [9.17, 15) is 8.42 Å². The summed E-state index contributed by atoms with van der Waals surface area (Å²) in [6.45, 7) is 1.96. The quantitative estimate of drug-likeness (QED) is 0.811. The molecule has 4 nitrogen and oxygen atoms in total. The Balaban J connectivity index is 2.84. The average molecular weight is 272 g/mol. The van der Waals surface area contributed by atoms with E-state index in [-0.39, 0.29) is 6.04 Å². The van der Waals surface area contributed by atoms with Crippen LogP contribution < -0.4 is 10.6 Å². The van der Waals surface area contributed by atoms with Gasteiger partial charge in [-0.1, -0.05) is 12.1 Å².